The summed E-state index contributed by atoms with van der Waals surface area (Å²) in [6.07, 6.45) is 4.93. The van der Waals surface area contributed by atoms with Crippen LogP contribution in [-0.2, 0) is 16.6 Å². The molecule has 102 valence electrons. The predicted molar refractivity (Wildman–Crippen MR) is 69.9 cm³/mol. The number of aliphatic hydroxyl groups is 1. The molecule has 5 nitrogen and oxygen atoms in total. The third-order valence-corrected chi connectivity index (χ3v) is 5.65. The van der Waals surface area contributed by atoms with Crippen LogP contribution in [-0.4, -0.2) is 31.1 Å². The Morgan fingerprint density at radius 2 is 2.28 bits per heavy atom. The van der Waals surface area contributed by atoms with Crippen LogP contribution in [0.4, 0.5) is 0 Å². The normalized spacial score (nSPS) is 24.6. The lowest BCUT2D eigenvalue weighted by Gasteiger charge is -2.18. The van der Waals surface area contributed by atoms with E-state index in [1.54, 1.807) is 11.8 Å². The number of hydrogen-bond donors (Lipinski definition) is 2. The van der Waals surface area contributed by atoms with Crippen molar-refractivity contribution in [3.05, 3.63) is 17.9 Å². The van der Waals surface area contributed by atoms with Gasteiger partial charge in [-0.1, -0.05) is 6.42 Å². The van der Waals surface area contributed by atoms with E-state index in [2.05, 4.69) is 4.72 Å². The van der Waals surface area contributed by atoms with Crippen LogP contribution in [0.15, 0.2) is 21.6 Å². The van der Waals surface area contributed by atoms with E-state index in [4.69, 9.17) is 9.52 Å². The molecule has 1 saturated carbocycles. The van der Waals surface area contributed by atoms with Crippen LogP contribution in [0, 0.1) is 0 Å². The largest absolute Gasteiger partial charge is 0.446 e. The molecule has 2 N–H and O–H groups in total. The van der Waals surface area contributed by atoms with Crippen LogP contribution in [0.25, 0.3) is 0 Å². The van der Waals surface area contributed by atoms with Crippen LogP contribution >= 0.6 is 11.8 Å². The molecular formula is C11H17NO4S2. The smallest absolute Gasteiger partial charge is 0.274 e. The van der Waals surface area contributed by atoms with Crippen LogP contribution in [0.1, 0.15) is 25.0 Å². The fourth-order valence-corrected chi connectivity index (χ4v) is 4.47. The molecule has 0 bridgehead atoms. The molecule has 0 radical (unpaired) electrons. The van der Waals surface area contributed by atoms with E-state index in [9.17, 15) is 8.42 Å². The van der Waals surface area contributed by atoms with Gasteiger partial charge in [0.05, 0.1) is 0 Å². The first-order valence-corrected chi connectivity index (χ1v) is 8.58. The predicted octanol–water partition coefficient (Wildman–Crippen LogP) is 1.33. The van der Waals surface area contributed by atoms with Gasteiger partial charge in [-0.2, -0.15) is 11.8 Å². The minimum absolute atomic E-state index is 0.0346. The highest BCUT2D eigenvalue weighted by Gasteiger charge is 2.31. The molecule has 7 heteroatoms. The minimum Gasteiger partial charge on any atom is -0.446 e. The van der Waals surface area contributed by atoms with Crippen LogP contribution in [0.3, 0.4) is 0 Å². The van der Waals surface area contributed by atoms with Gasteiger partial charge in [0.25, 0.3) is 10.0 Å². The Hall–Kier alpha value is -0.500. The van der Waals surface area contributed by atoms with Gasteiger partial charge in [-0.05, 0) is 31.2 Å². The van der Waals surface area contributed by atoms with Gasteiger partial charge in [-0.3, -0.25) is 0 Å². The number of sulfonamides is 1. The third kappa shape index (κ3) is 2.90. The number of furan rings is 1. The molecule has 0 aromatic carbocycles. The number of nitrogens with one attached hydrogen (secondary N) is 1. The molecule has 1 aromatic rings. The highest BCUT2D eigenvalue weighted by atomic mass is 32.2. The van der Waals surface area contributed by atoms with Crippen molar-refractivity contribution in [3.8, 4) is 0 Å². The Morgan fingerprint density at radius 1 is 1.50 bits per heavy atom. The Balaban J connectivity index is 2.11. The Kier molecular flexibility index (Phi) is 4.37. The minimum atomic E-state index is -3.62. The van der Waals surface area contributed by atoms with Crippen LogP contribution in [0.5, 0.6) is 0 Å². The molecule has 1 aromatic heterocycles. The van der Waals surface area contributed by atoms with E-state index >= 15 is 0 Å². The number of hydrogen-bond acceptors (Lipinski definition) is 5. The molecular weight excluding hydrogens is 274 g/mol. The molecule has 0 saturated heterocycles. The second-order valence-corrected chi connectivity index (χ2v) is 7.03. The van der Waals surface area contributed by atoms with E-state index in [1.165, 1.54) is 12.1 Å². The van der Waals surface area contributed by atoms with Gasteiger partial charge in [0, 0.05) is 11.3 Å². The lowest BCUT2D eigenvalue weighted by Crippen LogP contribution is -2.38. The molecule has 2 atom stereocenters. The van der Waals surface area contributed by atoms with E-state index < -0.39 is 10.0 Å². The molecule has 0 spiro atoms. The van der Waals surface area contributed by atoms with E-state index in [1.807, 2.05) is 6.26 Å². The maximum Gasteiger partial charge on any atom is 0.274 e. The standard InChI is InChI=1S/C11H17NO4S2/c1-17-10-4-2-3-9(10)12-18(14,15)11-6-5-8(7-13)16-11/h5-6,9-10,12-13H,2-4,7H2,1H3. The lowest BCUT2D eigenvalue weighted by molar-refractivity contribution is 0.236. The van der Waals surface area contributed by atoms with Crippen molar-refractivity contribution in [3.63, 3.8) is 0 Å². The van der Waals surface area contributed by atoms with Crippen molar-refractivity contribution in [2.45, 2.75) is 42.3 Å². The molecule has 18 heavy (non-hydrogen) atoms. The van der Waals surface area contributed by atoms with Crippen LogP contribution < -0.4 is 4.72 Å². The van der Waals surface area contributed by atoms with Gasteiger partial charge >= 0.3 is 0 Å². The fraction of sp³-hybridized carbons (Fsp3) is 0.636. The van der Waals surface area contributed by atoms with Crippen molar-refractivity contribution < 1.29 is 17.9 Å². The molecule has 2 rings (SSSR count). The Morgan fingerprint density at radius 3 is 2.89 bits per heavy atom. The van der Waals surface area contributed by atoms with Gasteiger partial charge in [0.2, 0.25) is 5.09 Å². The fourth-order valence-electron chi connectivity index (χ4n) is 2.19. The first-order chi connectivity index (χ1) is 8.56. The first kappa shape index (κ1) is 13.9. The summed E-state index contributed by atoms with van der Waals surface area (Å²) in [6.45, 7) is -0.299. The maximum absolute atomic E-state index is 12.1. The SMILES string of the molecule is CSC1CCCC1NS(=O)(=O)c1ccc(CO)o1. The number of thioether (sulfide) groups is 1. The topological polar surface area (TPSA) is 79.5 Å². The van der Waals surface area contributed by atoms with E-state index in [0.29, 0.717) is 5.25 Å². The average Bonchev–Trinajstić information content (AvgIpc) is 2.96. The van der Waals surface area contributed by atoms with Crippen molar-refractivity contribution >= 4 is 21.8 Å². The van der Waals surface area contributed by atoms with E-state index in [0.717, 1.165) is 19.3 Å². The summed E-state index contributed by atoms with van der Waals surface area (Å²) in [6, 6.07) is 2.80. The van der Waals surface area contributed by atoms with E-state index in [-0.39, 0.29) is 23.5 Å². The van der Waals surface area contributed by atoms with Gasteiger partial charge < -0.3 is 9.52 Å². The second kappa shape index (κ2) is 5.64. The zero-order chi connectivity index (χ0) is 13.2. The molecule has 0 amide bonds. The summed E-state index contributed by atoms with van der Waals surface area (Å²) < 4.78 is 31.9. The molecule has 0 aliphatic heterocycles. The summed E-state index contributed by atoms with van der Waals surface area (Å²) in [5, 5.41) is 9.07. The third-order valence-electron chi connectivity index (χ3n) is 3.12. The van der Waals surface area contributed by atoms with Crippen molar-refractivity contribution in [1.29, 1.82) is 0 Å². The highest BCUT2D eigenvalue weighted by molar-refractivity contribution is 7.99. The van der Waals surface area contributed by atoms with Gasteiger partial charge in [-0.15, -0.1) is 0 Å². The zero-order valence-electron chi connectivity index (χ0n) is 10.1. The van der Waals surface area contributed by atoms with Crippen LogP contribution in [0.2, 0.25) is 0 Å². The zero-order valence-corrected chi connectivity index (χ0v) is 11.8. The summed E-state index contributed by atoms with van der Waals surface area (Å²) in [5.74, 6) is 0.253. The first-order valence-electron chi connectivity index (χ1n) is 5.81. The van der Waals surface area contributed by atoms with Crippen molar-refractivity contribution in [2.24, 2.45) is 0 Å². The molecule has 2 unspecified atom stereocenters. The highest BCUT2D eigenvalue weighted by Crippen LogP contribution is 2.29. The Labute approximate surface area is 111 Å². The monoisotopic (exact) mass is 291 g/mol. The van der Waals surface area contributed by atoms with Crippen molar-refractivity contribution in [2.75, 3.05) is 6.26 Å². The summed E-state index contributed by atoms with van der Waals surface area (Å²) in [7, 11) is -3.62. The number of rotatable bonds is 5. The Bertz CT molecular complexity index is 497. The molecule has 1 heterocycles. The maximum atomic E-state index is 12.1. The second-order valence-electron chi connectivity index (χ2n) is 4.31. The molecule has 1 aliphatic carbocycles. The molecule has 1 fully saturated rings. The average molecular weight is 291 g/mol. The molecule has 1 aliphatic rings. The summed E-state index contributed by atoms with van der Waals surface area (Å²) in [5.41, 5.74) is 0. The summed E-state index contributed by atoms with van der Waals surface area (Å²) in [4.78, 5) is 0. The van der Waals surface area contributed by atoms with Gasteiger partial charge in [-0.25, -0.2) is 13.1 Å². The lowest BCUT2D eigenvalue weighted by atomic mass is 10.3. The van der Waals surface area contributed by atoms with Gasteiger partial charge in [0.15, 0.2) is 0 Å². The summed E-state index contributed by atoms with van der Waals surface area (Å²) >= 11 is 1.69. The number of aliphatic hydroxyl groups excluding tert-OH is 1. The van der Waals surface area contributed by atoms with Gasteiger partial charge in [0.1, 0.15) is 12.4 Å². The van der Waals surface area contributed by atoms with Crippen molar-refractivity contribution in [1.82, 2.24) is 4.72 Å². The quantitative estimate of drug-likeness (QED) is 0.855.